The maximum Gasteiger partial charge on any atom is 0.342 e. The van der Waals surface area contributed by atoms with Crippen LogP contribution in [-0.2, 0) is 4.74 Å². The number of carbonyl (C=O) groups excluding carboxylic acids is 2. The van der Waals surface area contributed by atoms with Crippen LogP contribution in [0.25, 0.3) is 11.1 Å². The molecule has 6 heteroatoms. The molecule has 28 heavy (non-hydrogen) atoms. The fourth-order valence-corrected chi connectivity index (χ4v) is 3.63. The second kappa shape index (κ2) is 8.71. The molecule has 3 aromatic rings. The van der Waals surface area contributed by atoms with Gasteiger partial charge in [0.2, 0.25) is 0 Å². The number of hydrogen-bond donors (Lipinski definition) is 1. The zero-order valence-electron chi connectivity index (χ0n) is 15.9. The topological polar surface area (TPSA) is 64.6 Å². The highest BCUT2D eigenvalue weighted by Crippen LogP contribution is 2.37. The molecule has 1 aromatic heterocycles. The van der Waals surface area contributed by atoms with Crippen molar-refractivity contribution in [2.24, 2.45) is 0 Å². The monoisotopic (exact) mass is 395 g/mol. The summed E-state index contributed by atoms with van der Waals surface area (Å²) in [5, 5.41) is 5.16. The maximum atomic E-state index is 12.8. The van der Waals surface area contributed by atoms with Crippen molar-refractivity contribution < 1.29 is 19.1 Å². The van der Waals surface area contributed by atoms with Crippen LogP contribution < -0.4 is 10.1 Å². The highest BCUT2D eigenvalue weighted by Gasteiger charge is 2.24. The van der Waals surface area contributed by atoms with Gasteiger partial charge in [-0.05, 0) is 43.7 Å². The summed E-state index contributed by atoms with van der Waals surface area (Å²) in [7, 11) is 1.60. The molecular weight excluding hydrogens is 374 g/mol. The molecule has 0 fully saturated rings. The molecule has 2 aromatic carbocycles. The van der Waals surface area contributed by atoms with Crippen molar-refractivity contribution in [1.29, 1.82) is 0 Å². The van der Waals surface area contributed by atoms with Gasteiger partial charge in [-0.3, -0.25) is 4.79 Å². The summed E-state index contributed by atoms with van der Waals surface area (Å²) in [5.74, 6) is -0.0179. The van der Waals surface area contributed by atoms with E-state index in [9.17, 15) is 9.59 Å². The smallest absolute Gasteiger partial charge is 0.342 e. The summed E-state index contributed by atoms with van der Waals surface area (Å²) in [5.41, 5.74) is 2.42. The van der Waals surface area contributed by atoms with Gasteiger partial charge in [0.25, 0.3) is 5.91 Å². The first-order valence-electron chi connectivity index (χ1n) is 8.83. The Kier molecular flexibility index (Phi) is 6.11. The third-order valence-corrected chi connectivity index (χ3v) is 4.90. The predicted molar refractivity (Wildman–Crippen MR) is 111 cm³/mol. The molecule has 0 bridgehead atoms. The van der Waals surface area contributed by atoms with Crippen LogP contribution in [0.1, 0.15) is 34.6 Å². The Labute approximate surface area is 167 Å². The van der Waals surface area contributed by atoms with Gasteiger partial charge in [-0.2, -0.15) is 0 Å². The van der Waals surface area contributed by atoms with E-state index in [1.807, 2.05) is 35.7 Å². The first-order chi connectivity index (χ1) is 13.5. The Morgan fingerprint density at radius 2 is 1.68 bits per heavy atom. The zero-order chi connectivity index (χ0) is 20.1. The highest BCUT2D eigenvalue weighted by atomic mass is 32.1. The SMILES string of the molecule is COc1ccc(-c2csc(NC(=O)c3ccccc3)c2C(=O)OC(C)C)cc1. The van der Waals surface area contributed by atoms with Crippen molar-refractivity contribution in [2.75, 3.05) is 12.4 Å². The Morgan fingerprint density at radius 3 is 2.29 bits per heavy atom. The lowest BCUT2D eigenvalue weighted by molar-refractivity contribution is 0.0380. The van der Waals surface area contributed by atoms with Gasteiger partial charge >= 0.3 is 5.97 Å². The van der Waals surface area contributed by atoms with Crippen molar-refractivity contribution in [3.63, 3.8) is 0 Å². The minimum Gasteiger partial charge on any atom is -0.497 e. The summed E-state index contributed by atoms with van der Waals surface area (Å²) in [6.45, 7) is 3.58. The summed E-state index contributed by atoms with van der Waals surface area (Å²) < 4.78 is 10.6. The fourth-order valence-electron chi connectivity index (χ4n) is 2.67. The average Bonchev–Trinajstić information content (AvgIpc) is 3.11. The number of amides is 1. The van der Waals surface area contributed by atoms with Gasteiger partial charge in [-0.25, -0.2) is 4.79 Å². The van der Waals surface area contributed by atoms with E-state index in [1.54, 1.807) is 45.2 Å². The second-order valence-corrected chi connectivity index (χ2v) is 7.24. The fraction of sp³-hybridized carbons (Fsp3) is 0.182. The van der Waals surface area contributed by atoms with Gasteiger partial charge in [0, 0.05) is 16.5 Å². The highest BCUT2D eigenvalue weighted by molar-refractivity contribution is 7.15. The minimum absolute atomic E-state index is 0.270. The molecular formula is C22H21NO4S. The Hall–Kier alpha value is -3.12. The number of ether oxygens (including phenoxy) is 2. The van der Waals surface area contributed by atoms with E-state index in [1.165, 1.54) is 11.3 Å². The summed E-state index contributed by atoms with van der Waals surface area (Å²) in [6, 6.07) is 16.3. The van der Waals surface area contributed by atoms with Crippen LogP contribution in [0.2, 0.25) is 0 Å². The Morgan fingerprint density at radius 1 is 1.00 bits per heavy atom. The third-order valence-electron chi connectivity index (χ3n) is 4.00. The lowest BCUT2D eigenvalue weighted by Gasteiger charge is -2.12. The quantitative estimate of drug-likeness (QED) is 0.580. The molecule has 1 heterocycles. The van der Waals surface area contributed by atoms with Crippen molar-refractivity contribution in [2.45, 2.75) is 20.0 Å². The van der Waals surface area contributed by atoms with Crippen molar-refractivity contribution >= 4 is 28.2 Å². The van der Waals surface area contributed by atoms with Crippen LogP contribution in [0.3, 0.4) is 0 Å². The van der Waals surface area contributed by atoms with E-state index < -0.39 is 5.97 Å². The predicted octanol–water partition coefficient (Wildman–Crippen LogP) is 5.24. The first kappa shape index (κ1) is 19.6. The molecule has 0 spiro atoms. The Balaban J connectivity index is 1.98. The van der Waals surface area contributed by atoms with Gasteiger partial charge < -0.3 is 14.8 Å². The van der Waals surface area contributed by atoms with Crippen molar-refractivity contribution in [3.8, 4) is 16.9 Å². The van der Waals surface area contributed by atoms with Gasteiger partial charge in [0.15, 0.2) is 0 Å². The number of carbonyl (C=O) groups is 2. The van der Waals surface area contributed by atoms with E-state index in [2.05, 4.69) is 5.32 Å². The molecule has 0 aliphatic rings. The number of anilines is 1. The number of thiophene rings is 1. The molecule has 144 valence electrons. The number of hydrogen-bond acceptors (Lipinski definition) is 5. The van der Waals surface area contributed by atoms with E-state index in [-0.39, 0.29) is 12.0 Å². The van der Waals surface area contributed by atoms with E-state index >= 15 is 0 Å². The van der Waals surface area contributed by atoms with Crippen LogP contribution in [0.5, 0.6) is 5.75 Å². The number of rotatable bonds is 6. The van der Waals surface area contributed by atoms with E-state index in [0.717, 1.165) is 11.3 Å². The van der Waals surface area contributed by atoms with Crippen LogP contribution in [0.4, 0.5) is 5.00 Å². The molecule has 0 saturated heterocycles. The average molecular weight is 395 g/mol. The van der Waals surface area contributed by atoms with Crippen molar-refractivity contribution in [3.05, 3.63) is 71.1 Å². The molecule has 3 rings (SSSR count). The molecule has 0 atom stereocenters. The lowest BCUT2D eigenvalue weighted by atomic mass is 10.0. The second-order valence-electron chi connectivity index (χ2n) is 6.36. The number of benzene rings is 2. The molecule has 0 unspecified atom stereocenters. The molecule has 0 radical (unpaired) electrons. The van der Waals surface area contributed by atoms with Gasteiger partial charge in [0.05, 0.1) is 13.2 Å². The summed E-state index contributed by atoms with van der Waals surface area (Å²) in [4.78, 5) is 25.3. The zero-order valence-corrected chi connectivity index (χ0v) is 16.7. The number of nitrogens with one attached hydrogen (secondary N) is 1. The third kappa shape index (κ3) is 4.40. The normalized spacial score (nSPS) is 10.6. The molecule has 5 nitrogen and oxygen atoms in total. The lowest BCUT2D eigenvalue weighted by Crippen LogP contribution is -2.16. The Bertz CT molecular complexity index is 962. The van der Waals surface area contributed by atoms with Crippen LogP contribution in [-0.4, -0.2) is 25.1 Å². The number of esters is 1. The summed E-state index contributed by atoms with van der Waals surface area (Å²) in [6.07, 6.45) is -0.270. The van der Waals surface area contributed by atoms with E-state index in [0.29, 0.717) is 21.7 Å². The standard InChI is InChI=1S/C22H21NO4S/c1-14(2)27-22(25)19-18(15-9-11-17(26-3)12-10-15)13-28-21(19)23-20(24)16-7-5-4-6-8-16/h4-14H,1-3H3,(H,23,24). The molecule has 1 amide bonds. The van der Waals surface area contributed by atoms with E-state index in [4.69, 9.17) is 9.47 Å². The maximum absolute atomic E-state index is 12.8. The molecule has 1 N–H and O–H groups in total. The van der Waals surface area contributed by atoms with Gasteiger partial charge in [-0.1, -0.05) is 30.3 Å². The van der Waals surface area contributed by atoms with Crippen molar-refractivity contribution in [1.82, 2.24) is 0 Å². The first-order valence-corrected chi connectivity index (χ1v) is 9.71. The van der Waals surface area contributed by atoms with Gasteiger partial charge in [-0.15, -0.1) is 11.3 Å². The van der Waals surface area contributed by atoms with Gasteiger partial charge in [0.1, 0.15) is 16.3 Å². The van der Waals surface area contributed by atoms with Crippen LogP contribution in [0.15, 0.2) is 60.0 Å². The van der Waals surface area contributed by atoms with Crippen LogP contribution >= 0.6 is 11.3 Å². The molecule has 0 aliphatic heterocycles. The minimum atomic E-state index is -0.467. The van der Waals surface area contributed by atoms with Crippen LogP contribution in [0, 0.1) is 0 Å². The summed E-state index contributed by atoms with van der Waals surface area (Å²) >= 11 is 1.30. The molecule has 0 saturated carbocycles. The molecule has 0 aliphatic carbocycles. The number of methoxy groups -OCH3 is 1. The largest absolute Gasteiger partial charge is 0.497 e.